The molecule has 0 aromatic rings. The molecule has 0 heterocycles. The van der Waals surface area contributed by atoms with Gasteiger partial charge in [0.2, 0.25) is 5.91 Å². The van der Waals surface area contributed by atoms with Crippen LogP contribution in [-0.2, 0) is 14.3 Å². The first-order valence-electron chi connectivity index (χ1n) is 5.26. The number of methoxy groups -OCH3 is 1. The Morgan fingerprint density at radius 3 is 2.67 bits per heavy atom. The van der Waals surface area contributed by atoms with E-state index in [1.807, 2.05) is 0 Å². The molecule has 1 aliphatic rings. The third kappa shape index (κ3) is 3.87. The average molecular weight is 214 g/mol. The van der Waals surface area contributed by atoms with Gasteiger partial charge in [0.25, 0.3) is 0 Å². The highest BCUT2D eigenvalue weighted by Gasteiger charge is 2.22. The molecule has 0 aliphatic heterocycles. The highest BCUT2D eigenvalue weighted by atomic mass is 16.5. The van der Waals surface area contributed by atoms with Gasteiger partial charge in [-0.05, 0) is 25.7 Å². The number of hydrogen-bond acceptors (Lipinski definition) is 4. The number of ether oxygens (including phenoxy) is 1. The largest absolute Gasteiger partial charge is 0.469 e. The lowest BCUT2D eigenvalue weighted by Gasteiger charge is -2.27. The fourth-order valence-corrected chi connectivity index (χ4v) is 1.37. The normalized spacial score (nSPS) is 17.7. The molecule has 1 fully saturated rings. The predicted octanol–water partition coefficient (Wildman–Crippen LogP) is -0.0644. The molecule has 0 bridgehead atoms. The Morgan fingerprint density at radius 1 is 1.53 bits per heavy atom. The van der Waals surface area contributed by atoms with E-state index >= 15 is 0 Å². The Labute approximate surface area is 89.3 Å². The van der Waals surface area contributed by atoms with Crippen molar-refractivity contribution >= 4 is 11.9 Å². The van der Waals surface area contributed by atoms with E-state index in [2.05, 4.69) is 10.1 Å². The second-order valence-corrected chi connectivity index (χ2v) is 3.86. The summed E-state index contributed by atoms with van der Waals surface area (Å²) in [5, 5.41) is 2.84. The van der Waals surface area contributed by atoms with Crippen molar-refractivity contribution < 1.29 is 14.3 Å². The van der Waals surface area contributed by atoms with Gasteiger partial charge in [0, 0.05) is 12.5 Å². The minimum atomic E-state index is -0.607. The molecule has 1 aliphatic carbocycles. The Hall–Kier alpha value is -1.10. The fraction of sp³-hybridized carbons (Fsp3) is 0.800. The number of carbonyl (C=O) groups excluding carboxylic acids is 2. The van der Waals surface area contributed by atoms with Gasteiger partial charge in [-0.3, -0.25) is 9.59 Å². The molecule has 0 aromatic carbocycles. The third-order valence-electron chi connectivity index (χ3n) is 2.68. The van der Waals surface area contributed by atoms with E-state index in [4.69, 9.17) is 5.73 Å². The molecule has 0 radical (unpaired) electrons. The highest BCUT2D eigenvalue weighted by molar-refractivity contribution is 5.82. The molecule has 15 heavy (non-hydrogen) atoms. The van der Waals surface area contributed by atoms with Crippen LogP contribution in [0.1, 0.15) is 32.1 Å². The SMILES string of the molecule is COC(=O)CCC(N)C(=O)NC1CCC1. The quantitative estimate of drug-likeness (QED) is 0.628. The second-order valence-electron chi connectivity index (χ2n) is 3.86. The number of hydrogen-bond donors (Lipinski definition) is 2. The van der Waals surface area contributed by atoms with E-state index in [-0.39, 0.29) is 18.3 Å². The molecule has 0 spiro atoms. The molecule has 0 saturated heterocycles. The van der Waals surface area contributed by atoms with Crippen molar-refractivity contribution in [3.05, 3.63) is 0 Å². The van der Waals surface area contributed by atoms with Crippen LogP contribution in [0.15, 0.2) is 0 Å². The van der Waals surface area contributed by atoms with Gasteiger partial charge in [-0.15, -0.1) is 0 Å². The molecule has 1 unspecified atom stereocenters. The molecular weight excluding hydrogens is 196 g/mol. The highest BCUT2D eigenvalue weighted by Crippen LogP contribution is 2.18. The van der Waals surface area contributed by atoms with Gasteiger partial charge in [-0.25, -0.2) is 0 Å². The Morgan fingerprint density at radius 2 is 2.20 bits per heavy atom. The molecule has 3 N–H and O–H groups in total. The monoisotopic (exact) mass is 214 g/mol. The van der Waals surface area contributed by atoms with E-state index in [1.165, 1.54) is 13.5 Å². The summed E-state index contributed by atoms with van der Waals surface area (Å²) in [4.78, 5) is 22.3. The van der Waals surface area contributed by atoms with Crippen molar-refractivity contribution in [3.8, 4) is 0 Å². The topological polar surface area (TPSA) is 81.4 Å². The number of carbonyl (C=O) groups is 2. The zero-order chi connectivity index (χ0) is 11.3. The van der Waals surface area contributed by atoms with Crippen LogP contribution in [0.3, 0.4) is 0 Å². The molecule has 1 atom stereocenters. The zero-order valence-corrected chi connectivity index (χ0v) is 8.99. The first kappa shape index (κ1) is 12.0. The smallest absolute Gasteiger partial charge is 0.305 e. The van der Waals surface area contributed by atoms with Crippen LogP contribution in [0.2, 0.25) is 0 Å². The Balaban J connectivity index is 2.17. The minimum Gasteiger partial charge on any atom is -0.469 e. The third-order valence-corrected chi connectivity index (χ3v) is 2.68. The van der Waals surface area contributed by atoms with Gasteiger partial charge in [0.1, 0.15) is 0 Å². The first-order valence-corrected chi connectivity index (χ1v) is 5.26. The van der Waals surface area contributed by atoms with Gasteiger partial charge in [-0.1, -0.05) is 0 Å². The van der Waals surface area contributed by atoms with Gasteiger partial charge in [0.15, 0.2) is 0 Å². The summed E-state index contributed by atoms with van der Waals surface area (Å²) in [7, 11) is 1.32. The summed E-state index contributed by atoms with van der Waals surface area (Å²) in [6.45, 7) is 0. The number of nitrogens with two attached hydrogens (primary N) is 1. The Bertz CT molecular complexity index is 239. The predicted molar refractivity (Wildman–Crippen MR) is 55.0 cm³/mol. The van der Waals surface area contributed by atoms with Crippen LogP contribution in [0.4, 0.5) is 0 Å². The summed E-state index contributed by atoms with van der Waals surface area (Å²) >= 11 is 0. The van der Waals surface area contributed by atoms with E-state index in [0.717, 1.165) is 12.8 Å². The van der Waals surface area contributed by atoms with Crippen molar-refractivity contribution in [1.82, 2.24) is 5.32 Å². The lowest BCUT2D eigenvalue weighted by molar-refractivity contribution is -0.140. The van der Waals surface area contributed by atoms with Gasteiger partial charge >= 0.3 is 5.97 Å². The number of nitrogens with one attached hydrogen (secondary N) is 1. The van der Waals surface area contributed by atoms with Gasteiger partial charge < -0.3 is 15.8 Å². The molecule has 86 valence electrons. The van der Waals surface area contributed by atoms with Crippen molar-refractivity contribution in [2.45, 2.75) is 44.2 Å². The summed E-state index contributed by atoms with van der Waals surface area (Å²) in [5.41, 5.74) is 5.63. The first-order chi connectivity index (χ1) is 7.13. The van der Waals surface area contributed by atoms with E-state index in [0.29, 0.717) is 12.5 Å². The maximum absolute atomic E-state index is 11.5. The van der Waals surface area contributed by atoms with E-state index < -0.39 is 6.04 Å². The van der Waals surface area contributed by atoms with E-state index in [9.17, 15) is 9.59 Å². The average Bonchev–Trinajstić information content (AvgIpc) is 2.18. The van der Waals surface area contributed by atoms with Gasteiger partial charge in [-0.2, -0.15) is 0 Å². The standard InChI is InChI=1S/C10H18N2O3/c1-15-9(13)6-5-8(11)10(14)12-7-3-2-4-7/h7-8H,2-6,11H2,1H3,(H,12,14). The summed E-state index contributed by atoms with van der Waals surface area (Å²) in [6.07, 6.45) is 3.77. The molecule has 1 saturated carbocycles. The second kappa shape index (κ2) is 5.70. The molecule has 0 aromatic heterocycles. The Kier molecular flexibility index (Phi) is 4.55. The number of amides is 1. The van der Waals surface area contributed by atoms with Crippen LogP contribution in [0.25, 0.3) is 0 Å². The van der Waals surface area contributed by atoms with Crippen LogP contribution < -0.4 is 11.1 Å². The molecular formula is C10H18N2O3. The maximum atomic E-state index is 11.5. The fourth-order valence-electron chi connectivity index (χ4n) is 1.37. The van der Waals surface area contributed by atoms with Gasteiger partial charge in [0.05, 0.1) is 13.2 Å². The summed E-state index contributed by atoms with van der Waals surface area (Å²) < 4.78 is 4.47. The zero-order valence-electron chi connectivity index (χ0n) is 8.99. The van der Waals surface area contributed by atoms with Crippen molar-refractivity contribution in [2.75, 3.05) is 7.11 Å². The lowest BCUT2D eigenvalue weighted by atomic mass is 9.93. The van der Waals surface area contributed by atoms with Crippen LogP contribution >= 0.6 is 0 Å². The molecule has 1 rings (SSSR count). The van der Waals surface area contributed by atoms with Crippen molar-refractivity contribution in [3.63, 3.8) is 0 Å². The maximum Gasteiger partial charge on any atom is 0.305 e. The molecule has 5 nitrogen and oxygen atoms in total. The lowest BCUT2D eigenvalue weighted by Crippen LogP contribution is -2.47. The van der Waals surface area contributed by atoms with Crippen LogP contribution in [-0.4, -0.2) is 31.1 Å². The van der Waals surface area contributed by atoms with E-state index in [1.54, 1.807) is 0 Å². The van der Waals surface area contributed by atoms with Crippen molar-refractivity contribution in [2.24, 2.45) is 5.73 Å². The number of rotatable bonds is 5. The molecule has 1 amide bonds. The van der Waals surface area contributed by atoms with Crippen LogP contribution in [0.5, 0.6) is 0 Å². The van der Waals surface area contributed by atoms with Crippen molar-refractivity contribution in [1.29, 1.82) is 0 Å². The molecule has 5 heteroatoms. The number of esters is 1. The minimum absolute atomic E-state index is 0.163. The summed E-state index contributed by atoms with van der Waals surface area (Å²) in [6, 6.07) is -0.314. The summed E-state index contributed by atoms with van der Waals surface area (Å²) in [5.74, 6) is -0.495. The van der Waals surface area contributed by atoms with Crippen LogP contribution in [0, 0.1) is 0 Å².